The minimum atomic E-state index is -0.868. The van der Waals surface area contributed by atoms with Crippen LogP contribution >= 0.6 is 11.6 Å². The van der Waals surface area contributed by atoms with Crippen molar-refractivity contribution >= 4 is 28.6 Å². The van der Waals surface area contributed by atoms with Crippen molar-refractivity contribution in [2.45, 2.75) is 6.42 Å². The largest absolute Gasteiger partial charge is 0.481 e. The predicted octanol–water partition coefficient (Wildman–Crippen LogP) is 3.70. The number of carboxylic acid groups (broad SMARTS) is 1. The summed E-state index contributed by atoms with van der Waals surface area (Å²) in [6.07, 6.45) is 1.50. The van der Waals surface area contributed by atoms with Crippen LogP contribution in [0.15, 0.2) is 48.7 Å². The number of nitrogens with zero attached hydrogens (tertiary/aromatic N) is 2. The van der Waals surface area contributed by atoms with Gasteiger partial charge in [0.2, 0.25) is 5.88 Å². The molecular weight excluding hydrogens is 304 g/mol. The highest BCUT2D eigenvalue weighted by Crippen LogP contribution is 2.22. The lowest BCUT2D eigenvalue weighted by molar-refractivity contribution is -0.136. The molecule has 0 fully saturated rings. The number of hydrogen-bond donors (Lipinski definition) is 1. The Hall–Kier alpha value is -2.66. The zero-order valence-electron chi connectivity index (χ0n) is 11.4. The standard InChI is InChI=1S/C16H11ClN2O3/c17-11-3-6-13-14(8-11)18-9-15(19-13)22-12-4-1-10(2-5-12)7-16(20)21/h1-6,8-9H,7H2,(H,20,21). The first-order valence-electron chi connectivity index (χ1n) is 6.51. The molecule has 0 bridgehead atoms. The van der Waals surface area contributed by atoms with Gasteiger partial charge in [-0.25, -0.2) is 9.97 Å². The molecule has 0 atom stereocenters. The Labute approximate surface area is 131 Å². The van der Waals surface area contributed by atoms with E-state index in [1.807, 2.05) is 0 Å². The summed E-state index contributed by atoms with van der Waals surface area (Å²) < 4.78 is 5.62. The van der Waals surface area contributed by atoms with Crippen LogP contribution in [0.4, 0.5) is 0 Å². The van der Waals surface area contributed by atoms with E-state index in [4.69, 9.17) is 21.4 Å². The number of halogens is 1. The van der Waals surface area contributed by atoms with Crippen LogP contribution in [0.2, 0.25) is 5.02 Å². The van der Waals surface area contributed by atoms with E-state index >= 15 is 0 Å². The zero-order chi connectivity index (χ0) is 15.5. The molecule has 0 aliphatic carbocycles. The molecule has 0 radical (unpaired) electrons. The van der Waals surface area contributed by atoms with Gasteiger partial charge >= 0.3 is 5.97 Å². The Morgan fingerprint density at radius 3 is 2.64 bits per heavy atom. The van der Waals surface area contributed by atoms with E-state index in [9.17, 15) is 4.79 Å². The molecule has 110 valence electrons. The number of carbonyl (C=O) groups is 1. The molecule has 2 aromatic carbocycles. The van der Waals surface area contributed by atoms with Crippen LogP contribution in [-0.2, 0) is 11.2 Å². The molecule has 1 heterocycles. The smallest absolute Gasteiger partial charge is 0.307 e. The topological polar surface area (TPSA) is 72.3 Å². The molecule has 0 saturated heterocycles. The minimum absolute atomic E-state index is 0.0170. The van der Waals surface area contributed by atoms with Crippen molar-refractivity contribution in [2.24, 2.45) is 0 Å². The van der Waals surface area contributed by atoms with Gasteiger partial charge in [0.15, 0.2) is 0 Å². The average Bonchev–Trinajstić information content (AvgIpc) is 2.49. The maximum Gasteiger partial charge on any atom is 0.307 e. The number of aliphatic carboxylic acids is 1. The Balaban J connectivity index is 1.80. The molecule has 5 nitrogen and oxygen atoms in total. The van der Waals surface area contributed by atoms with Crippen molar-refractivity contribution in [2.75, 3.05) is 0 Å². The Morgan fingerprint density at radius 2 is 1.91 bits per heavy atom. The first-order chi connectivity index (χ1) is 10.6. The molecule has 0 spiro atoms. The average molecular weight is 315 g/mol. The minimum Gasteiger partial charge on any atom is -0.481 e. The van der Waals surface area contributed by atoms with E-state index in [1.165, 1.54) is 6.20 Å². The fourth-order valence-corrected chi connectivity index (χ4v) is 2.15. The van der Waals surface area contributed by atoms with Crippen molar-refractivity contribution in [3.05, 3.63) is 59.2 Å². The summed E-state index contributed by atoms with van der Waals surface area (Å²) >= 11 is 5.90. The fourth-order valence-electron chi connectivity index (χ4n) is 1.99. The highest BCUT2D eigenvalue weighted by Gasteiger charge is 2.04. The van der Waals surface area contributed by atoms with E-state index in [2.05, 4.69) is 9.97 Å². The van der Waals surface area contributed by atoms with Crippen LogP contribution in [-0.4, -0.2) is 21.0 Å². The van der Waals surface area contributed by atoms with E-state index in [1.54, 1.807) is 42.5 Å². The van der Waals surface area contributed by atoms with Crippen LogP contribution in [0.3, 0.4) is 0 Å². The van der Waals surface area contributed by atoms with Gasteiger partial charge in [-0.05, 0) is 35.9 Å². The van der Waals surface area contributed by atoms with Crippen molar-refractivity contribution in [3.8, 4) is 11.6 Å². The number of benzene rings is 2. The van der Waals surface area contributed by atoms with Gasteiger partial charge in [0, 0.05) is 5.02 Å². The summed E-state index contributed by atoms with van der Waals surface area (Å²) in [5, 5.41) is 9.33. The van der Waals surface area contributed by atoms with Gasteiger partial charge in [-0.1, -0.05) is 23.7 Å². The van der Waals surface area contributed by atoms with Crippen LogP contribution in [0.1, 0.15) is 5.56 Å². The number of ether oxygens (including phenoxy) is 1. The quantitative estimate of drug-likeness (QED) is 0.795. The normalized spacial score (nSPS) is 10.6. The van der Waals surface area contributed by atoms with Gasteiger partial charge in [0.05, 0.1) is 23.7 Å². The summed E-state index contributed by atoms with van der Waals surface area (Å²) in [5.41, 5.74) is 2.08. The molecule has 0 aliphatic rings. The lowest BCUT2D eigenvalue weighted by Crippen LogP contribution is -1.99. The van der Waals surface area contributed by atoms with E-state index in [0.29, 0.717) is 33.2 Å². The first-order valence-corrected chi connectivity index (χ1v) is 6.89. The summed E-state index contributed by atoms with van der Waals surface area (Å²) in [6, 6.07) is 12.1. The van der Waals surface area contributed by atoms with E-state index < -0.39 is 5.97 Å². The van der Waals surface area contributed by atoms with Crippen molar-refractivity contribution < 1.29 is 14.6 Å². The number of fused-ring (bicyclic) bond motifs is 1. The van der Waals surface area contributed by atoms with Crippen LogP contribution in [0.5, 0.6) is 11.6 Å². The van der Waals surface area contributed by atoms with Gasteiger partial charge in [0.25, 0.3) is 0 Å². The second-order valence-electron chi connectivity index (χ2n) is 4.66. The second kappa shape index (κ2) is 5.99. The maximum atomic E-state index is 10.6. The summed E-state index contributed by atoms with van der Waals surface area (Å²) in [5.74, 6) is 0.0604. The molecule has 0 saturated carbocycles. The van der Waals surface area contributed by atoms with Crippen molar-refractivity contribution in [3.63, 3.8) is 0 Å². The molecule has 0 amide bonds. The van der Waals surface area contributed by atoms with Gasteiger partial charge in [0.1, 0.15) is 5.75 Å². The van der Waals surface area contributed by atoms with Crippen LogP contribution in [0.25, 0.3) is 11.0 Å². The summed E-state index contributed by atoms with van der Waals surface area (Å²) in [4.78, 5) is 19.2. The molecule has 3 aromatic rings. The van der Waals surface area contributed by atoms with Crippen molar-refractivity contribution in [1.82, 2.24) is 9.97 Å². The third-order valence-electron chi connectivity index (χ3n) is 2.98. The lowest BCUT2D eigenvalue weighted by atomic mass is 10.1. The molecule has 0 unspecified atom stereocenters. The molecule has 22 heavy (non-hydrogen) atoms. The number of carboxylic acids is 1. The molecule has 1 N–H and O–H groups in total. The summed E-state index contributed by atoms with van der Waals surface area (Å²) in [7, 11) is 0. The number of hydrogen-bond acceptors (Lipinski definition) is 4. The number of aromatic nitrogens is 2. The highest BCUT2D eigenvalue weighted by atomic mass is 35.5. The SMILES string of the molecule is O=C(O)Cc1ccc(Oc2cnc3cc(Cl)ccc3n2)cc1. The highest BCUT2D eigenvalue weighted by molar-refractivity contribution is 6.31. The predicted molar refractivity (Wildman–Crippen MR) is 82.4 cm³/mol. The maximum absolute atomic E-state index is 10.6. The van der Waals surface area contributed by atoms with Gasteiger partial charge in [-0.15, -0.1) is 0 Å². The summed E-state index contributed by atoms with van der Waals surface area (Å²) in [6.45, 7) is 0. The Bertz CT molecular complexity index is 834. The third-order valence-corrected chi connectivity index (χ3v) is 3.22. The Morgan fingerprint density at radius 1 is 1.14 bits per heavy atom. The first kappa shape index (κ1) is 14.3. The second-order valence-corrected chi connectivity index (χ2v) is 5.09. The molecule has 1 aromatic heterocycles. The molecule has 0 aliphatic heterocycles. The van der Waals surface area contributed by atoms with Gasteiger partial charge in [-0.2, -0.15) is 0 Å². The Kier molecular flexibility index (Phi) is 3.89. The fraction of sp³-hybridized carbons (Fsp3) is 0.0625. The molecular formula is C16H11ClN2O3. The molecule has 6 heteroatoms. The third kappa shape index (κ3) is 3.32. The van der Waals surface area contributed by atoms with Crippen LogP contribution < -0.4 is 4.74 Å². The molecule has 3 rings (SSSR count). The van der Waals surface area contributed by atoms with E-state index in [-0.39, 0.29) is 6.42 Å². The van der Waals surface area contributed by atoms with Gasteiger partial charge < -0.3 is 9.84 Å². The monoisotopic (exact) mass is 314 g/mol. The lowest BCUT2D eigenvalue weighted by Gasteiger charge is -2.06. The van der Waals surface area contributed by atoms with Crippen molar-refractivity contribution in [1.29, 1.82) is 0 Å². The number of rotatable bonds is 4. The van der Waals surface area contributed by atoms with Crippen LogP contribution in [0, 0.1) is 0 Å². The zero-order valence-corrected chi connectivity index (χ0v) is 12.1. The van der Waals surface area contributed by atoms with Gasteiger partial charge in [-0.3, -0.25) is 4.79 Å². The van der Waals surface area contributed by atoms with E-state index in [0.717, 1.165) is 0 Å².